The third kappa shape index (κ3) is 2.74. The molecule has 8 nitrogen and oxygen atoms in total. The number of benzene rings is 1. The van der Waals surface area contributed by atoms with Gasteiger partial charge in [0.1, 0.15) is 5.75 Å². The lowest BCUT2D eigenvalue weighted by molar-refractivity contribution is 0.431. The molecule has 8 heteroatoms. The van der Waals surface area contributed by atoms with Gasteiger partial charge in [-0.3, -0.25) is 0 Å². The van der Waals surface area contributed by atoms with Gasteiger partial charge in [0.15, 0.2) is 5.65 Å². The number of anilines is 1. The fourth-order valence-corrected chi connectivity index (χ4v) is 3.27. The number of rotatable bonds is 4. The van der Waals surface area contributed by atoms with Crippen molar-refractivity contribution in [3.63, 3.8) is 0 Å². The Hall–Kier alpha value is -3.86. The summed E-state index contributed by atoms with van der Waals surface area (Å²) in [5, 5.41) is 18.2. The van der Waals surface area contributed by atoms with E-state index in [2.05, 4.69) is 21.3 Å². The van der Waals surface area contributed by atoms with Gasteiger partial charge in [-0.15, -0.1) is 5.10 Å². The molecule has 4 aromatic rings. The van der Waals surface area contributed by atoms with Crippen LogP contribution in [0, 0.1) is 11.3 Å². The number of hydrogen-bond donors (Lipinski definition) is 1. The molecule has 3 aromatic heterocycles. The molecule has 28 heavy (non-hydrogen) atoms. The molecule has 0 amide bonds. The van der Waals surface area contributed by atoms with Crippen molar-refractivity contribution in [3.05, 3.63) is 53.7 Å². The van der Waals surface area contributed by atoms with E-state index < -0.39 is 0 Å². The van der Waals surface area contributed by atoms with Crippen molar-refractivity contribution in [2.45, 2.75) is 18.8 Å². The maximum absolute atomic E-state index is 9.34. The monoisotopic (exact) mass is 371 g/mol. The molecule has 0 spiro atoms. The van der Waals surface area contributed by atoms with Gasteiger partial charge in [0.05, 0.1) is 23.0 Å². The second-order valence-electron chi connectivity index (χ2n) is 6.88. The molecule has 1 fully saturated rings. The summed E-state index contributed by atoms with van der Waals surface area (Å²) in [6.45, 7) is 0. The van der Waals surface area contributed by atoms with Crippen LogP contribution in [0.1, 0.15) is 30.0 Å². The number of aryl methyl sites for hydroxylation is 1. The van der Waals surface area contributed by atoms with Crippen LogP contribution in [-0.4, -0.2) is 24.4 Å². The molecule has 1 saturated carbocycles. The zero-order chi connectivity index (χ0) is 19.3. The first-order valence-corrected chi connectivity index (χ1v) is 9.00. The van der Waals surface area contributed by atoms with Crippen LogP contribution in [-0.2, 0) is 7.05 Å². The molecule has 1 aliphatic carbocycles. The minimum Gasteiger partial charge on any atom is -0.439 e. The Morgan fingerprint density at radius 3 is 2.82 bits per heavy atom. The van der Waals surface area contributed by atoms with Gasteiger partial charge in [-0.25, -0.2) is 9.20 Å². The van der Waals surface area contributed by atoms with Crippen molar-refractivity contribution in [1.82, 2.24) is 24.4 Å². The molecular formula is C20H17N7O. The van der Waals surface area contributed by atoms with E-state index in [4.69, 9.17) is 10.5 Å². The zero-order valence-corrected chi connectivity index (χ0v) is 15.2. The summed E-state index contributed by atoms with van der Waals surface area (Å²) in [5.74, 6) is 1.90. The largest absolute Gasteiger partial charge is 0.439 e. The number of aromatic nitrogens is 5. The number of nitriles is 1. The molecule has 0 unspecified atom stereocenters. The minimum atomic E-state index is 0.198. The smallest absolute Gasteiger partial charge is 0.240 e. The number of hydrogen-bond acceptors (Lipinski definition) is 6. The second kappa shape index (κ2) is 6.09. The van der Waals surface area contributed by atoms with Crippen molar-refractivity contribution >= 4 is 11.6 Å². The van der Waals surface area contributed by atoms with Crippen LogP contribution in [0.2, 0.25) is 0 Å². The van der Waals surface area contributed by atoms with E-state index in [1.807, 2.05) is 37.4 Å². The summed E-state index contributed by atoms with van der Waals surface area (Å²) in [4.78, 5) is 4.21. The number of ether oxygens (including phenoxy) is 1. The lowest BCUT2D eigenvalue weighted by atomic mass is 10.1. The number of nitrogens with zero attached hydrogens (tertiary/aromatic N) is 6. The fraction of sp³-hybridized carbons (Fsp3) is 0.200. The van der Waals surface area contributed by atoms with E-state index in [1.54, 1.807) is 21.3 Å². The molecule has 0 radical (unpaired) electrons. The highest BCUT2D eigenvalue weighted by atomic mass is 16.5. The molecular weight excluding hydrogens is 354 g/mol. The second-order valence-corrected chi connectivity index (χ2v) is 6.88. The SMILES string of the molecule is Cn1nc(C2CC2)cc1Oc1cc(C#N)ccc1-c1cccc2nc(N)nn12. The van der Waals surface area contributed by atoms with E-state index in [0.29, 0.717) is 28.8 Å². The lowest BCUT2D eigenvalue weighted by Gasteiger charge is -2.12. The molecule has 138 valence electrons. The highest BCUT2D eigenvalue weighted by molar-refractivity contribution is 5.71. The van der Waals surface area contributed by atoms with E-state index in [9.17, 15) is 5.26 Å². The average Bonchev–Trinajstić information content (AvgIpc) is 3.38. The number of nitrogen functional groups attached to an aromatic ring is 1. The Morgan fingerprint density at radius 2 is 2.04 bits per heavy atom. The van der Waals surface area contributed by atoms with Crippen molar-refractivity contribution in [1.29, 1.82) is 5.26 Å². The summed E-state index contributed by atoms with van der Waals surface area (Å²) in [6.07, 6.45) is 2.34. The van der Waals surface area contributed by atoms with Crippen molar-refractivity contribution in [2.75, 3.05) is 5.73 Å². The number of nitrogens with two attached hydrogens (primary N) is 1. The number of pyridine rings is 1. The molecule has 0 aliphatic heterocycles. The molecule has 0 saturated heterocycles. The summed E-state index contributed by atoms with van der Waals surface area (Å²) in [6, 6.07) is 15.1. The summed E-state index contributed by atoms with van der Waals surface area (Å²) >= 11 is 0. The van der Waals surface area contributed by atoms with Crippen LogP contribution < -0.4 is 10.5 Å². The first kappa shape index (κ1) is 16.3. The Morgan fingerprint density at radius 1 is 1.18 bits per heavy atom. The summed E-state index contributed by atoms with van der Waals surface area (Å²) < 4.78 is 9.60. The van der Waals surface area contributed by atoms with Gasteiger partial charge in [-0.05, 0) is 43.2 Å². The topological polar surface area (TPSA) is 107 Å². The Labute approximate surface area is 160 Å². The highest BCUT2D eigenvalue weighted by Crippen LogP contribution is 2.41. The maximum Gasteiger partial charge on any atom is 0.240 e. The molecule has 5 rings (SSSR count). The van der Waals surface area contributed by atoms with E-state index >= 15 is 0 Å². The Bertz CT molecular complexity index is 1240. The molecule has 1 aromatic carbocycles. The van der Waals surface area contributed by atoms with Crippen LogP contribution in [0.3, 0.4) is 0 Å². The molecule has 2 N–H and O–H groups in total. The first-order valence-electron chi connectivity index (χ1n) is 9.00. The molecule has 0 bridgehead atoms. The van der Waals surface area contributed by atoms with Gasteiger partial charge in [-0.2, -0.15) is 15.3 Å². The standard InChI is InChI=1S/C20H17N7O/c1-26-19(10-15(24-26)13-6-7-13)28-17-9-12(11-21)5-8-14(17)16-3-2-4-18-23-20(22)25-27(16)18/h2-5,8-10,13H,6-7H2,1H3,(H2,22,25). The Balaban J connectivity index is 1.64. The van der Waals surface area contributed by atoms with E-state index in [1.165, 1.54) is 12.8 Å². The average molecular weight is 371 g/mol. The van der Waals surface area contributed by atoms with Gasteiger partial charge in [0.25, 0.3) is 0 Å². The lowest BCUT2D eigenvalue weighted by Crippen LogP contribution is -1.99. The predicted octanol–water partition coefficient (Wildman–Crippen LogP) is 3.25. The van der Waals surface area contributed by atoms with Gasteiger partial charge in [0, 0.05) is 24.6 Å². The van der Waals surface area contributed by atoms with Gasteiger partial charge in [0.2, 0.25) is 11.8 Å². The van der Waals surface area contributed by atoms with E-state index in [0.717, 1.165) is 17.0 Å². The van der Waals surface area contributed by atoms with Gasteiger partial charge in [-0.1, -0.05) is 6.07 Å². The third-order valence-corrected chi connectivity index (χ3v) is 4.83. The van der Waals surface area contributed by atoms with Crippen LogP contribution >= 0.6 is 0 Å². The number of fused-ring (bicyclic) bond motifs is 1. The summed E-state index contributed by atoms with van der Waals surface area (Å²) in [7, 11) is 1.86. The van der Waals surface area contributed by atoms with Crippen LogP contribution in [0.5, 0.6) is 11.6 Å². The molecule has 0 atom stereocenters. The van der Waals surface area contributed by atoms with Gasteiger partial charge >= 0.3 is 0 Å². The predicted molar refractivity (Wildman–Crippen MR) is 103 cm³/mol. The molecule has 1 aliphatic rings. The van der Waals surface area contributed by atoms with Crippen molar-refractivity contribution < 1.29 is 4.74 Å². The minimum absolute atomic E-state index is 0.198. The van der Waals surface area contributed by atoms with Crippen LogP contribution in [0.25, 0.3) is 16.9 Å². The van der Waals surface area contributed by atoms with E-state index in [-0.39, 0.29) is 5.95 Å². The van der Waals surface area contributed by atoms with Gasteiger partial charge < -0.3 is 10.5 Å². The first-order chi connectivity index (χ1) is 13.6. The maximum atomic E-state index is 9.34. The highest BCUT2D eigenvalue weighted by Gasteiger charge is 2.27. The Kier molecular flexibility index (Phi) is 3.55. The van der Waals surface area contributed by atoms with Crippen molar-refractivity contribution in [3.8, 4) is 29.0 Å². The summed E-state index contributed by atoms with van der Waals surface area (Å²) in [5.41, 5.74) is 9.51. The normalized spacial score (nSPS) is 13.6. The fourth-order valence-electron chi connectivity index (χ4n) is 3.27. The zero-order valence-electron chi connectivity index (χ0n) is 15.2. The van der Waals surface area contributed by atoms with Crippen LogP contribution in [0.15, 0.2) is 42.5 Å². The molecule has 3 heterocycles. The third-order valence-electron chi connectivity index (χ3n) is 4.83. The van der Waals surface area contributed by atoms with Crippen LogP contribution in [0.4, 0.5) is 5.95 Å². The quantitative estimate of drug-likeness (QED) is 0.590. The van der Waals surface area contributed by atoms with Crippen molar-refractivity contribution in [2.24, 2.45) is 7.05 Å².